The van der Waals surface area contributed by atoms with Crippen LogP contribution >= 0.6 is 0 Å². The van der Waals surface area contributed by atoms with Crippen LogP contribution in [0.1, 0.15) is 18.4 Å². The summed E-state index contributed by atoms with van der Waals surface area (Å²) in [6.07, 6.45) is 1.76. The number of benzene rings is 2. The lowest BCUT2D eigenvalue weighted by atomic mass is 9.86. The lowest BCUT2D eigenvalue weighted by Crippen LogP contribution is -2.56. The average Bonchev–Trinajstić information content (AvgIpc) is 2.68. The molecule has 0 aliphatic carbocycles. The zero-order valence-corrected chi connectivity index (χ0v) is 14.7. The molecule has 4 N–H and O–H groups in total. The molecule has 6 heteroatoms. The van der Waals surface area contributed by atoms with Crippen LogP contribution in [0.2, 0.25) is 0 Å². The predicted molar refractivity (Wildman–Crippen MR) is 104 cm³/mol. The molecule has 0 amide bonds. The van der Waals surface area contributed by atoms with E-state index in [1.165, 1.54) is 0 Å². The molecule has 0 aromatic heterocycles. The van der Waals surface area contributed by atoms with E-state index >= 15 is 0 Å². The highest BCUT2D eigenvalue weighted by Gasteiger charge is 2.40. The normalized spacial score (nSPS) is 17.8. The number of aliphatic imine (C=N–C) groups is 1. The molecule has 0 radical (unpaired) electrons. The van der Waals surface area contributed by atoms with Gasteiger partial charge >= 0.3 is 0 Å². The molecule has 0 unspecified atom stereocenters. The summed E-state index contributed by atoms with van der Waals surface area (Å²) in [5.74, 6) is 0.957. The van der Waals surface area contributed by atoms with Crippen molar-refractivity contribution in [2.75, 3.05) is 30.6 Å². The monoisotopic (exact) mass is 352 g/mol. The third kappa shape index (κ3) is 3.25. The van der Waals surface area contributed by atoms with Gasteiger partial charge in [-0.2, -0.15) is 0 Å². The Hall–Kier alpha value is -2.57. The number of para-hydroxylation sites is 3. The van der Waals surface area contributed by atoms with Crippen molar-refractivity contribution < 1.29 is 9.84 Å². The van der Waals surface area contributed by atoms with Gasteiger partial charge in [-0.3, -0.25) is 0 Å². The highest BCUT2D eigenvalue weighted by molar-refractivity contribution is 6.00. The molecule has 2 heterocycles. The highest BCUT2D eigenvalue weighted by Crippen LogP contribution is 2.37. The fraction of sp³-hybridized carbons (Fsp3) is 0.350. The number of rotatable bonds is 4. The van der Waals surface area contributed by atoms with E-state index in [4.69, 9.17) is 9.73 Å². The minimum absolute atomic E-state index is 0.0891. The minimum Gasteiger partial charge on any atom is -0.381 e. The van der Waals surface area contributed by atoms with Crippen LogP contribution in [-0.4, -0.2) is 36.4 Å². The Bertz CT molecular complexity index is 800. The van der Waals surface area contributed by atoms with Crippen LogP contribution in [0, 0.1) is 0 Å². The summed E-state index contributed by atoms with van der Waals surface area (Å²) in [6, 6.07) is 16.1. The maximum absolute atomic E-state index is 9.19. The van der Waals surface area contributed by atoms with Crippen molar-refractivity contribution in [2.24, 2.45) is 4.99 Å². The molecule has 136 valence electrons. The maximum Gasteiger partial charge on any atom is 0.129 e. The molecule has 6 nitrogen and oxygen atoms in total. The first kappa shape index (κ1) is 16.9. The zero-order chi connectivity index (χ0) is 17.8. The quantitative estimate of drug-likeness (QED) is 0.637. The van der Waals surface area contributed by atoms with Crippen LogP contribution < -0.4 is 16.0 Å². The molecule has 1 fully saturated rings. The van der Waals surface area contributed by atoms with E-state index in [2.05, 4.69) is 22.0 Å². The smallest absolute Gasteiger partial charge is 0.129 e. The summed E-state index contributed by atoms with van der Waals surface area (Å²) >= 11 is 0. The number of aliphatic hydroxyl groups excluding tert-OH is 1. The van der Waals surface area contributed by atoms with Crippen LogP contribution in [0.4, 0.5) is 17.1 Å². The number of hydrogen-bond donors (Lipinski definition) is 4. The van der Waals surface area contributed by atoms with Crippen molar-refractivity contribution >= 4 is 22.9 Å². The van der Waals surface area contributed by atoms with E-state index in [1.807, 2.05) is 42.5 Å². The molecular weight excluding hydrogens is 328 g/mol. The fourth-order valence-corrected chi connectivity index (χ4v) is 3.62. The van der Waals surface area contributed by atoms with Gasteiger partial charge in [-0.25, -0.2) is 4.99 Å². The largest absolute Gasteiger partial charge is 0.381 e. The third-order valence-corrected chi connectivity index (χ3v) is 5.04. The summed E-state index contributed by atoms with van der Waals surface area (Å²) in [7, 11) is 0. The summed E-state index contributed by atoms with van der Waals surface area (Å²) in [6.45, 7) is 1.99. The Labute approximate surface area is 153 Å². The standard InChI is InChI=1S/C20H24N4O2/c25-14-22-16-6-2-1-5-15(16)13-21-19-20(9-11-26-12-10-20)24-18-8-4-3-7-17(18)23-19/h1-8,22,24-25H,9-14H2,(H,21,23). The summed E-state index contributed by atoms with van der Waals surface area (Å²) < 4.78 is 5.59. The highest BCUT2D eigenvalue weighted by atomic mass is 16.5. The molecule has 0 atom stereocenters. The van der Waals surface area contributed by atoms with Crippen LogP contribution in [-0.2, 0) is 11.3 Å². The van der Waals surface area contributed by atoms with E-state index in [-0.39, 0.29) is 12.3 Å². The van der Waals surface area contributed by atoms with E-state index in [0.717, 1.165) is 54.5 Å². The SMILES string of the molecule is OCNc1ccccc1CNC1=Nc2ccccc2NC12CCOCC2. The van der Waals surface area contributed by atoms with Gasteiger partial charge in [0, 0.05) is 38.3 Å². The molecule has 1 saturated heterocycles. The second-order valence-corrected chi connectivity index (χ2v) is 6.64. The van der Waals surface area contributed by atoms with Crippen molar-refractivity contribution in [3.05, 3.63) is 54.1 Å². The van der Waals surface area contributed by atoms with E-state index < -0.39 is 0 Å². The maximum atomic E-state index is 9.19. The predicted octanol–water partition coefficient (Wildman–Crippen LogP) is 2.84. The number of anilines is 2. The van der Waals surface area contributed by atoms with Crippen molar-refractivity contribution in [2.45, 2.75) is 24.9 Å². The van der Waals surface area contributed by atoms with Gasteiger partial charge in [-0.05, 0) is 23.8 Å². The molecule has 4 rings (SSSR count). The van der Waals surface area contributed by atoms with Crippen molar-refractivity contribution in [1.29, 1.82) is 0 Å². The first-order valence-electron chi connectivity index (χ1n) is 9.01. The Morgan fingerprint density at radius 1 is 1.04 bits per heavy atom. The first-order valence-corrected chi connectivity index (χ1v) is 9.01. The van der Waals surface area contributed by atoms with Gasteiger partial charge in [0.2, 0.25) is 0 Å². The number of aliphatic hydroxyl groups is 1. The number of nitrogens with one attached hydrogen (secondary N) is 3. The Kier molecular flexibility index (Phi) is 4.77. The molecule has 2 aromatic rings. The van der Waals surface area contributed by atoms with Gasteiger partial charge in [-0.1, -0.05) is 30.3 Å². The first-order chi connectivity index (χ1) is 12.8. The van der Waals surface area contributed by atoms with Gasteiger partial charge in [0.1, 0.15) is 12.6 Å². The van der Waals surface area contributed by atoms with Gasteiger partial charge in [0.25, 0.3) is 0 Å². The van der Waals surface area contributed by atoms with Gasteiger partial charge < -0.3 is 25.8 Å². The molecule has 2 aliphatic heterocycles. The van der Waals surface area contributed by atoms with Crippen LogP contribution in [0.5, 0.6) is 0 Å². The van der Waals surface area contributed by atoms with Crippen LogP contribution in [0.25, 0.3) is 0 Å². The van der Waals surface area contributed by atoms with Crippen molar-refractivity contribution in [3.63, 3.8) is 0 Å². The number of nitrogens with zero attached hydrogens (tertiary/aromatic N) is 1. The van der Waals surface area contributed by atoms with Gasteiger partial charge in [0.05, 0.1) is 16.9 Å². The molecule has 1 spiro atoms. The van der Waals surface area contributed by atoms with E-state index in [9.17, 15) is 5.11 Å². The molecular formula is C20H24N4O2. The fourth-order valence-electron chi connectivity index (χ4n) is 3.62. The zero-order valence-electron chi connectivity index (χ0n) is 14.7. The van der Waals surface area contributed by atoms with Gasteiger partial charge in [-0.15, -0.1) is 0 Å². The Balaban J connectivity index is 1.61. The number of ether oxygens (including phenoxy) is 1. The third-order valence-electron chi connectivity index (χ3n) is 5.04. The summed E-state index contributed by atoms with van der Waals surface area (Å²) in [5, 5.41) is 19.4. The lowest BCUT2D eigenvalue weighted by Gasteiger charge is -2.42. The number of amidine groups is 1. The Morgan fingerprint density at radius 2 is 1.81 bits per heavy atom. The summed E-state index contributed by atoms with van der Waals surface area (Å²) in [4.78, 5) is 4.93. The molecule has 26 heavy (non-hydrogen) atoms. The second-order valence-electron chi connectivity index (χ2n) is 6.64. The minimum atomic E-state index is -0.216. The second kappa shape index (κ2) is 7.35. The van der Waals surface area contributed by atoms with E-state index in [0.29, 0.717) is 6.54 Å². The molecule has 0 saturated carbocycles. The topological polar surface area (TPSA) is 77.9 Å². The number of hydrogen-bond acceptors (Lipinski definition) is 6. The molecule has 2 aliphatic rings. The molecule has 0 bridgehead atoms. The van der Waals surface area contributed by atoms with E-state index in [1.54, 1.807) is 0 Å². The lowest BCUT2D eigenvalue weighted by molar-refractivity contribution is 0.0771. The molecule has 2 aromatic carbocycles. The summed E-state index contributed by atoms with van der Waals surface area (Å²) in [5.41, 5.74) is 3.82. The van der Waals surface area contributed by atoms with Gasteiger partial charge in [0.15, 0.2) is 0 Å². The van der Waals surface area contributed by atoms with Crippen molar-refractivity contribution in [1.82, 2.24) is 5.32 Å². The van der Waals surface area contributed by atoms with Crippen molar-refractivity contribution in [3.8, 4) is 0 Å². The van der Waals surface area contributed by atoms with Crippen LogP contribution in [0.3, 0.4) is 0 Å². The number of fused-ring (bicyclic) bond motifs is 1. The Morgan fingerprint density at radius 3 is 2.65 bits per heavy atom. The average molecular weight is 352 g/mol. The van der Waals surface area contributed by atoms with Crippen LogP contribution in [0.15, 0.2) is 53.5 Å².